The van der Waals surface area contributed by atoms with Crippen LogP contribution in [0.15, 0.2) is 0 Å². The molecule has 0 aromatic carbocycles. The molecule has 0 radical (unpaired) electrons. The largest absolute Gasteiger partial charge is 0.463 e. The maximum Gasteiger partial charge on any atom is 0.309 e. The second-order valence-electron chi connectivity index (χ2n) is 11.6. The van der Waals surface area contributed by atoms with Gasteiger partial charge in [-0.25, -0.2) is 0 Å². The number of rotatable bonds is 9. The maximum atomic E-state index is 12.0. The SMILES string of the molecule is CC(C)OC(=O)[C@@H]1CCC[C@H](COC2CCCCO2)C1.OC[C@@H]1CCC[C@H](COC2CCCCO2)C1. The first-order chi connectivity index (χ1) is 17.5. The predicted molar refractivity (Wildman–Crippen MR) is 138 cm³/mol. The first-order valence-electron chi connectivity index (χ1n) is 14.8. The Kier molecular flexibility index (Phi) is 14.1. The van der Waals surface area contributed by atoms with Crippen LogP contribution >= 0.6 is 0 Å². The number of aliphatic hydroxyl groups is 1. The number of hydrogen-bond acceptors (Lipinski definition) is 7. The summed E-state index contributed by atoms with van der Waals surface area (Å²) >= 11 is 0. The van der Waals surface area contributed by atoms with Crippen molar-refractivity contribution in [2.24, 2.45) is 23.7 Å². The average Bonchev–Trinajstić information content (AvgIpc) is 2.92. The third-order valence-electron chi connectivity index (χ3n) is 7.93. The summed E-state index contributed by atoms with van der Waals surface area (Å²) in [7, 11) is 0. The lowest BCUT2D eigenvalue weighted by Crippen LogP contribution is -2.30. The van der Waals surface area contributed by atoms with E-state index in [1.165, 1.54) is 38.5 Å². The van der Waals surface area contributed by atoms with Crippen LogP contribution in [0, 0.1) is 23.7 Å². The summed E-state index contributed by atoms with van der Waals surface area (Å²) in [5.41, 5.74) is 0. The van der Waals surface area contributed by atoms with E-state index in [0.717, 1.165) is 77.8 Å². The lowest BCUT2D eigenvalue weighted by Gasteiger charge is -2.30. The molecule has 210 valence electrons. The van der Waals surface area contributed by atoms with Gasteiger partial charge >= 0.3 is 5.97 Å². The standard InChI is InChI=1S/C16H28O4.C13H24O3/c1-12(2)20-16(17)14-7-5-6-13(10-14)11-19-15-8-3-4-9-18-15;14-9-11-4-3-5-12(8-11)10-16-13-6-1-2-7-15-13/h12-15H,3-11H2,1-2H3;11-14H,1-10H2/t13-,14+,15?;11-,12+,13?/m01/s1. The van der Waals surface area contributed by atoms with Crippen LogP contribution in [0.3, 0.4) is 0 Å². The highest BCUT2D eigenvalue weighted by Gasteiger charge is 2.30. The minimum Gasteiger partial charge on any atom is -0.463 e. The molecule has 2 saturated carbocycles. The van der Waals surface area contributed by atoms with Gasteiger partial charge in [-0.1, -0.05) is 12.8 Å². The minimum atomic E-state index is -0.0291. The van der Waals surface area contributed by atoms with Crippen molar-refractivity contribution < 1.29 is 33.6 Å². The van der Waals surface area contributed by atoms with E-state index >= 15 is 0 Å². The molecule has 2 unspecified atom stereocenters. The summed E-state index contributed by atoms with van der Waals surface area (Å²) in [5.74, 6) is 1.65. The van der Waals surface area contributed by atoms with Gasteiger partial charge in [0.1, 0.15) is 0 Å². The number of carbonyl (C=O) groups excluding carboxylic acids is 1. The van der Waals surface area contributed by atoms with E-state index in [9.17, 15) is 4.79 Å². The third-order valence-corrected chi connectivity index (χ3v) is 7.93. The van der Waals surface area contributed by atoms with Crippen molar-refractivity contribution in [3.05, 3.63) is 0 Å². The van der Waals surface area contributed by atoms with Crippen molar-refractivity contribution >= 4 is 5.97 Å². The van der Waals surface area contributed by atoms with Gasteiger partial charge in [0.2, 0.25) is 0 Å². The zero-order valence-electron chi connectivity index (χ0n) is 22.9. The first-order valence-corrected chi connectivity index (χ1v) is 14.8. The predicted octanol–water partition coefficient (Wildman–Crippen LogP) is 5.62. The van der Waals surface area contributed by atoms with E-state index in [-0.39, 0.29) is 30.6 Å². The Morgan fingerprint density at radius 2 is 1.31 bits per heavy atom. The summed E-state index contributed by atoms with van der Waals surface area (Å²) in [6, 6.07) is 0. The number of hydrogen-bond donors (Lipinski definition) is 1. The monoisotopic (exact) mass is 512 g/mol. The molecule has 4 fully saturated rings. The Bertz CT molecular complexity index is 586. The lowest BCUT2D eigenvalue weighted by atomic mass is 9.82. The maximum absolute atomic E-state index is 12.0. The van der Waals surface area contributed by atoms with Crippen LogP contribution < -0.4 is 0 Å². The quantitative estimate of drug-likeness (QED) is 0.402. The number of aliphatic hydroxyl groups excluding tert-OH is 1. The van der Waals surface area contributed by atoms with E-state index in [4.69, 9.17) is 28.8 Å². The Balaban J connectivity index is 0.000000205. The van der Waals surface area contributed by atoms with Gasteiger partial charge < -0.3 is 28.8 Å². The Hall–Kier alpha value is -0.730. The second kappa shape index (κ2) is 17.0. The van der Waals surface area contributed by atoms with E-state index in [1.807, 2.05) is 13.8 Å². The third kappa shape index (κ3) is 11.3. The molecule has 7 heteroatoms. The van der Waals surface area contributed by atoms with Crippen molar-refractivity contribution in [1.82, 2.24) is 0 Å². The molecular formula is C29H52O7. The molecule has 2 saturated heterocycles. The van der Waals surface area contributed by atoms with Crippen molar-refractivity contribution in [2.75, 3.05) is 33.0 Å². The number of ether oxygens (including phenoxy) is 5. The minimum absolute atomic E-state index is 0.0187. The molecule has 1 N–H and O–H groups in total. The molecule has 2 heterocycles. The number of carbonyl (C=O) groups is 1. The fourth-order valence-electron chi connectivity index (χ4n) is 5.88. The Labute approximate surface area is 218 Å². The van der Waals surface area contributed by atoms with Crippen LogP contribution in [0.2, 0.25) is 0 Å². The van der Waals surface area contributed by atoms with Crippen molar-refractivity contribution in [2.45, 2.75) is 122 Å². The summed E-state index contributed by atoms with van der Waals surface area (Å²) in [6.07, 6.45) is 15.7. The molecule has 0 aromatic rings. The molecule has 4 aliphatic rings. The van der Waals surface area contributed by atoms with E-state index in [2.05, 4.69) is 0 Å². The summed E-state index contributed by atoms with van der Waals surface area (Å²) in [6.45, 7) is 7.37. The van der Waals surface area contributed by atoms with Gasteiger partial charge in [-0.3, -0.25) is 4.79 Å². The fourth-order valence-corrected chi connectivity index (χ4v) is 5.88. The zero-order chi connectivity index (χ0) is 25.6. The average molecular weight is 513 g/mol. The summed E-state index contributed by atoms with van der Waals surface area (Å²) < 4.78 is 28.1. The first kappa shape index (κ1) is 29.8. The van der Waals surface area contributed by atoms with E-state index in [0.29, 0.717) is 24.4 Å². The topological polar surface area (TPSA) is 83.5 Å². The van der Waals surface area contributed by atoms with Crippen LogP contribution in [0.4, 0.5) is 0 Å². The molecule has 6 atom stereocenters. The van der Waals surface area contributed by atoms with Gasteiger partial charge in [0.15, 0.2) is 12.6 Å². The molecule has 2 aliphatic carbocycles. The van der Waals surface area contributed by atoms with Crippen LogP contribution in [0.5, 0.6) is 0 Å². The molecule has 0 spiro atoms. The van der Waals surface area contributed by atoms with Gasteiger partial charge in [0.25, 0.3) is 0 Å². The van der Waals surface area contributed by atoms with Gasteiger partial charge in [-0.2, -0.15) is 0 Å². The van der Waals surface area contributed by atoms with Crippen LogP contribution in [-0.4, -0.2) is 62.8 Å². The smallest absolute Gasteiger partial charge is 0.309 e. The molecule has 7 nitrogen and oxygen atoms in total. The van der Waals surface area contributed by atoms with Crippen LogP contribution in [0.25, 0.3) is 0 Å². The van der Waals surface area contributed by atoms with Gasteiger partial charge in [-0.05, 0) is 109 Å². The Morgan fingerprint density at radius 3 is 1.83 bits per heavy atom. The van der Waals surface area contributed by atoms with E-state index in [1.54, 1.807) is 0 Å². The summed E-state index contributed by atoms with van der Waals surface area (Å²) in [5, 5.41) is 9.16. The Morgan fingerprint density at radius 1 is 0.750 bits per heavy atom. The van der Waals surface area contributed by atoms with Gasteiger partial charge in [0, 0.05) is 19.8 Å². The highest BCUT2D eigenvalue weighted by Crippen LogP contribution is 2.31. The van der Waals surface area contributed by atoms with Crippen molar-refractivity contribution in [1.29, 1.82) is 0 Å². The normalized spacial score (nSPS) is 33.4. The van der Waals surface area contributed by atoms with Gasteiger partial charge in [-0.15, -0.1) is 0 Å². The fraction of sp³-hybridized carbons (Fsp3) is 0.966. The molecule has 4 rings (SSSR count). The van der Waals surface area contributed by atoms with Crippen LogP contribution in [-0.2, 0) is 28.5 Å². The van der Waals surface area contributed by atoms with Gasteiger partial charge in [0.05, 0.1) is 25.2 Å². The van der Waals surface area contributed by atoms with E-state index < -0.39 is 0 Å². The highest BCUT2D eigenvalue weighted by atomic mass is 16.7. The second-order valence-corrected chi connectivity index (χ2v) is 11.6. The molecule has 36 heavy (non-hydrogen) atoms. The molecule has 0 bridgehead atoms. The summed E-state index contributed by atoms with van der Waals surface area (Å²) in [4.78, 5) is 12.0. The molecule has 2 aliphatic heterocycles. The zero-order valence-corrected chi connectivity index (χ0v) is 22.9. The van der Waals surface area contributed by atoms with Crippen molar-refractivity contribution in [3.63, 3.8) is 0 Å². The molecule has 0 amide bonds. The lowest BCUT2D eigenvalue weighted by molar-refractivity contribution is -0.173. The molecule has 0 aromatic heterocycles. The highest BCUT2D eigenvalue weighted by molar-refractivity contribution is 5.72. The van der Waals surface area contributed by atoms with Crippen molar-refractivity contribution in [3.8, 4) is 0 Å². The number of esters is 1. The molecular weight excluding hydrogens is 460 g/mol. The van der Waals surface area contributed by atoms with Crippen LogP contribution in [0.1, 0.15) is 104 Å².